The molecule has 0 aliphatic carbocycles. The van der Waals surface area contributed by atoms with Gasteiger partial charge in [0.25, 0.3) is 0 Å². The molecule has 4 nitrogen and oxygen atoms in total. The fourth-order valence-corrected chi connectivity index (χ4v) is 2.20. The molecule has 0 saturated heterocycles. The summed E-state index contributed by atoms with van der Waals surface area (Å²) >= 11 is 0. The van der Waals surface area contributed by atoms with Gasteiger partial charge in [0.05, 0.1) is 11.8 Å². The van der Waals surface area contributed by atoms with Gasteiger partial charge < -0.3 is 15.7 Å². The van der Waals surface area contributed by atoms with Crippen molar-refractivity contribution in [2.45, 2.75) is 40.7 Å². The number of amides is 2. The van der Waals surface area contributed by atoms with Gasteiger partial charge in [0.2, 0.25) is 0 Å². The van der Waals surface area contributed by atoms with Gasteiger partial charge in [0.15, 0.2) is 0 Å². The van der Waals surface area contributed by atoms with Crippen molar-refractivity contribution in [3.63, 3.8) is 0 Å². The van der Waals surface area contributed by atoms with Crippen LogP contribution in [0.15, 0.2) is 18.2 Å². The molecule has 0 spiro atoms. The van der Waals surface area contributed by atoms with Crippen molar-refractivity contribution in [3.8, 4) is 0 Å². The van der Waals surface area contributed by atoms with E-state index in [1.807, 2.05) is 27.7 Å². The highest BCUT2D eigenvalue weighted by molar-refractivity contribution is 5.89. The third-order valence-corrected chi connectivity index (χ3v) is 3.51. The lowest BCUT2D eigenvalue weighted by Crippen LogP contribution is -2.44. The van der Waals surface area contributed by atoms with E-state index in [4.69, 9.17) is 0 Å². The van der Waals surface area contributed by atoms with E-state index in [2.05, 4.69) is 10.6 Å². The van der Waals surface area contributed by atoms with Crippen LogP contribution in [0.4, 0.5) is 14.9 Å². The van der Waals surface area contributed by atoms with Crippen LogP contribution in [0.1, 0.15) is 33.3 Å². The Morgan fingerprint density at radius 2 is 2.00 bits per heavy atom. The summed E-state index contributed by atoms with van der Waals surface area (Å²) in [6, 6.07) is 4.13. The molecule has 5 heteroatoms. The molecule has 0 radical (unpaired) electrons. The smallest absolute Gasteiger partial charge is 0.319 e. The van der Waals surface area contributed by atoms with E-state index in [1.54, 1.807) is 13.0 Å². The van der Waals surface area contributed by atoms with Crippen molar-refractivity contribution in [2.24, 2.45) is 11.3 Å². The van der Waals surface area contributed by atoms with Gasteiger partial charge in [-0.3, -0.25) is 0 Å². The number of aliphatic hydroxyl groups excluding tert-OH is 1. The van der Waals surface area contributed by atoms with Crippen molar-refractivity contribution in [1.82, 2.24) is 5.32 Å². The first-order valence-electron chi connectivity index (χ1n) is 7.12. The number of aliphatic hydroxyl groups is 1. The van der Waals surface area contributed by atoms with Crippen molar-refractivity contribution >= 4 is 11.7 Å². The van der Waals surface area contributed by atoms with E-state index in [-0.39, 0.29) is 11.6 Å². The quantitative estimate of drug-likeness (QED) is 0.780. The zero-order chi connectivity index (χ0) is 16.2. The molecule has 0 aliphatic rings. The number of hydrogen-bond donors (Lipinski definition) is 3. The number of carbonyl (C=O) groups excluding carboxylic acids is 1. The third kappa shape index (κ3) is 5.01. The SMILES string of the molecule is Cc1ccc(NC(=O)NCC(C)(C)C(O)C(C)C)c(F)c1. The molecule has 1 aromatic carbocycles. The summed E-state index contributed by atoms with van der Waals surface area (Å²) in [6.45, 7) is 9.69. The summed E-state index contributed by atoms with van der Waals surface area (Å²) in [7, 11) is 0. The number of carbonyl (C=O) groups is 1. The number of rotatable bonds is 5. The van der Waals surface area contributed by atoms with Crippen LogP contribution < -0.4 is 10.6 Å². The second-order valence-corrected chi connectivity index (χ2v) is 6.47. The van der Waals surface area contributed by atoms with E-state index in [9.17, 15) is 14.3 Å². The first kappa shape index (κ1) is 17.4. The summed E-state index contributed by atoms with van der Waals surface area (Å²) in [5, 5.41) is 15.2. The highest BCUT2D eigenvalue weighted by Crippen LogP contribution is 2.25. The Kier molecular flexibility index (Phi) is 5.72. The predicted octanol–water partition coefficient (Wildman–Crippen LogP) is 3.30. The highest BCUT2D eigenvalue weighted by Gasteiger charge is 2.30. The Bertz CT molecular complexity index is 501. The summed E-state index contributed by atoms with van der Waals surface area (Å²) < 4.78 is 13.6. The predicted molar refractivity (Wildman–Crippen MR) is 82.8 cm³/mol. The molecule has 118 valence electrons. The second-order valence-electron chi connectivity index (χ2n) is 6.47. The van der Waals surface area contributed by atoms with Crippen LogP contribution >= 0.6 is 0 Å². The van der Waals surface area contributed by atoms with Crippen molar-refractivity contribution in [3.05, 3.63) is 29.6 Å². The third-order valence-electron chi connectivity index (χ3n) is 3.51. The number of anilines is 1. The lowest BCUT2D eigenvalue weighted by molar-refractivity contribution is 0.0154. The fourth-order valence-electron chi connectivity index (χ4n) is 2.20. The Labute approximate surface area is 125 Å². The normalized spacial score (nSPS) is 13.1. The molecule has 1 aromatic rings. The van der Waals surface area contributed by atoms with Gasteiger partial charge in [-0.2, -0.15) is 0 Å². The standard InChI is InChI=1S/C16H25FN2O2/c1-10(2)14(20)16(4,5)9-18-15(21)19-13-7-6-11(3)8-12(13)17/h6-8,10,14,20H,9H2,1-5H3,(H2,18,19,21). The minimum atomic E-state index is -0.533. The molecule has 0 heterocycles. The highest BCUT2D eigenvalue weighted by atomic mass is 19.1. The van der Waals surface area contributed by atoms with Crippen LogP contribution in [0, 0.1) is 24.1 Å². The maximum Gasteiger partial charge on any atom is 0.319 e. The molecule has 0 aliphatic heterocycles. The Morgan fingerprint density at radius 3 is 2.52 bits per heavy atom. The van der Waals surface area contributed by atoms with Gasteiger partial charge in [0.1, 0.15) is 5.82 Å². The van der Waals surface area contributed by atoms with E-state index in [0.717, 1.165) is 5.56 Å². The number of urea groups is 1. The molecule has 21 heavy (non-hydrogen) atoms. The summed E-state index contributed by atoms with van der Waals surface area (Å²) in [4.78, 5) is 11.8. The van der Waals surface area contributed by atoms with Crippen LogP contribution in [0.3, 0.4) is 0 Å². The lowest BCUT2D eigenvalue weighted by Gasteiger charge is -2.33. The zero-order valence-electron chi connectivity index (χ0n) is 13.3. The maximum absolute atomic E-state index is 13.6. The molecule has 2 amide bonds. The summed E-state index contributed by atoms with van der Waals surface area (Å²) in [5.41, 5.74) is 0.470. The van der Waals surface area contributed by atoms with Gasteiger partial charge in [-0.25, -0.2) is 9.18 Å². The minimum absolute atomic E-state index is 0.0967. The summed E-state index contributed by atoms with van der Waals surface area (Å²) in [6.07, 6.45) is -0.533. The van der Waals surface area contributed by atoms with Crippen LogP contribution in [0.25, 0.3) is 0 Å². The first-order valence-corrected chi connectivity index (χ1v) is 7.12. The Balaban J connectivity index is 2.58. The molecule has 1 rings (SSSR count). The Morgan fingerprint density at radius 1 is 1.38 bits per heavy atom. The van der Waals surface area contributed by atoms with Gasteiger partial charge >= 0.3 is 6.03 Å². The average Bonchev–Trinajstić information content (AvgIpc) is 2.39. The van der Waals surface area contributed by atoms with Gasteiger partial charge in [-0.15, -0.1) is 0 Å². The van der Waals surface area contributed by atoms with Crippen LogP contribution in [-0.2, 0) is 0 Å². The van der Waals surface area contributed by atoms with Crippen LogP contribution in [0.5, 0.6) is 0 Å². The molecule has 1 atom stereocenters. The van der Waals surface area contributed by atoms with Crippen LogP contribution in [0.2, 0.25) is 0 Å². The number of nitrogens with one attached hydrogen (secondary N) is 2. The summed E-state index contributed by atoms with van der Waals surface area (Å²) in [5.74, 6) is -0.369. The number of aryl methyl sites for hydroxylation is 1. The van der Waals surface area contributed by atoms with Crippen molar-refractivity contribution < 1.29 is 14.3 Å². The largest absolute Gasteiger partial charge is 0.392 e. The molecule has 3 N–H and O–H groups in total. The molecule has 0 saturated carbocycles. The van der Waals surface area contributed by atoms with Crippen LogP contribution in [-0.4, -0.2) is 23.8 Å². The number of hydrogen-bond acceptors (Lipinski definition) is 2. The fraction of sp³-hybridized carbons (Fsp3) is 0.562. The van der Waals surface area contributed by atoms with E-state index in [1.165, 1.54) is 12.1 Å². The van der Waals surface area contributed by atoms with Gasteiger partial charge in [0, 0.05) is 12.0 Å². The van der Waals surface area contributed by atoms with E-state index < -0.39 is 23.4 Å². The lowest BCUT2D eigenvalue weighted by atomic mass is 9.81. The maximum atomic E-state index is 13.6. The van der Waals surface area contributed by atoms with Crippen molar-refractivity contribution in [2.75, 3.05) is 11.9 Å². The molecule has 0 aromatic heterocycles. The molecular formula is C16H25FN2O2. The van der Waals surface area contributed by atoms with Gasteiger partial charge in [-0.05, 0) is 30.5 Å². The average molecular weight is 296 g/mol. The first-order chi connectivity index (χ1) is 9.63. The molecule has 0 fully saturated rings. The zero-order valence-corrected chi connectivity index (χ0v) is 13.3. The van der Waals surface area contributed by atoms with Crippen molar-refractivity contribution in [1.29, 1.82) is 0 Å². The monoisotopic (exact) mass is 296 g/mol. The number of benzene rings is 1. The molecule has 0 bridgehead atoms. The minimum Gasteiger partial charge on any atom is -0.392 e. The number of halogens is 1. The molecule has 1 unspecified atom stereocenters. The van der Waals surface area contributed by atoms with E-state index >= 15 is 0 Å². The van der Waals surface area contributed by atoms with E-state index in [0.29, 0.717) is 6.54 Å². The molecular weight excluding hydrogens is 271 g/mol. The van der Waals surface area contributed by atoms with Gasteiger partial charge in [-0.1, -0.05) is 33.8 Å². The second kappa shape index (κ2) is 6.89. The topological polar surface area (TPSA) is 61.4 Å². The Hall–Kier alpha value is -1.62.